The number of rotatable bonds is 6. The molecule has 0 aliphatic heterocycles. The van der Waals surface area contributed by atoms with Gasteiger partial charge in [-0.05, 0) is 12.8 Å². The van der Waals surface area contributed by atoms with Crippen LogP contribution in [-0.4, -0.2) is 31.8 Å². The quantitative estimate of drug-likeness (QED) is 0.429. The maximum atomic E-state index is 10.9. The molecule has 0 fully saturated rings. The van der Waals surface area contributed by atoms with Gasteiger partial charge in [0.05, 0.1) is 5.66 Å². The SMILES string of the molecule is CCCCCC(CC)P(=O)(O)O.O=C(O)O. The highest BCUT2D eigenvalue weighted by molar-refractivity contribution is 7.52. The molecule has 0 aliphatic rings. The van der Waals surface area contributed by atoms with Gasteiger partial charge < -0.3 is 20.0 Å². The highest BCUT2D eigenvalue weighted by atomic mass is 31.2. The van der Waals surface area contributed by atoms with Crippen LogP contribution >= 0.6 is 7.60 Å². The molecule has 0 spiro atoms. The van der Waals surface area contributed by atoms with Gasteiger partial charge in [0.1, 0.15) is 0 Å². The Morgan fingerprint density at radius 3 is 1.88 bits per heavy atom. The van der Waals surface area contributed by atoms with E-state index in [9.17, 15) is 4.57 Å². The first-order valence-electron chi connectivity index (χ1n) is 5.22. The van der Waals surface area contributed by atoms with Gasteiger partial charge in [0.2, 0.25) is 0 Å². The fraction of sp³-hybridized carbons (Fsp3) is 0.889. The molecule has 0 aromatic rings. The van der Waals surface area contributed by atoms with Crippen molar-refractivity contribution in [2.24, 2.45) is 0 Å². The van der Waals surface area contributed by atoms with Crippen molar-refractivity contribution in [1.29, 1.82) is 0 Å². The summed E-state index contributed by atoms with van der Waals surface area (Å²) in [6.45, 7) is 3.91. The summed E-state index contributed by atoms with van der Waals surface area (Å²) in [7, 11) is -3.82. The minimum atomic E-state index is -3.82. The molecule has 7 heteroatoms. The molecule has 0 heterocycles. The second-order valence-corrected chi connectivity index (χ2v) is 5.34. The lowest BCUT2D eigenvalue weighted by atomic mass is 10.1. The Labute approximate surface area is 95.5 Å². The molecule has 6 nitrogen and oxygen atoms in total. The van der Waals surface area contributed by atoms with Crippen molar-refractivity contribution in [3.05, 3.63) is 0 Å². The van der Waals surface area contributed by atoms with Gasteiger partial charge in [-0.1, -0.05) is 33.1 Å². The van der Waals surface area contributed by atoms with Crippen molar-refractivity contribution >= 4 is 13.8 Å². The third-order valence-corrected chi connectivity index (χ3v) is 3.66. The van der Waals surface area contributed by atoms with Crippen molar-refractivity contribution in [3.63, 3.8) is 0 Å². The van der Waals surface area contributed by atoms with Gasteiger partial charge in [-0.15, -0.1) is 0 Å². The number of hydrogen-bond acceptors (Lipinski definition) is 2. The van der Waals surface area contributed by atoms with Crippen LogP contribution in [0.3, 0.4) is 0 Å². The van der Waals surface area contributed by atoms with Crippen LogP contribution in [0.1, 0.15) is 46.0 Å². The molecule has 1 atom stereocenters. The van der Waals surface area contributed by atoms with E-state index in [1.54, 1.807) is 0 Å². The summed E-state index contributed by atoms with van der Waals surface area (Å²) in [5, 5.41) is 13.9. The first-order valence-corrected chi connectivity index (χ1v) is 6.90. The first-order chi connectivity index (χ1) is 7.25. The highest BCUT2D eigenvalue weighted by Crippen LogP contribution is 2.45. The molecule has 0 radical (unpaired) electrons. The van der Waals surface area contributed by atoms with E-state index in [4.69, 9.17) is 24.8 Å². The fourth-order valence-corrected chi connectivity index (χ4v) is 2.23. The summed E-state index contributed by atoms with van der Waals surface area (Å²) in [4.78, 5) is 26.3. The summed E-state index contributed by atoms with van der Waals surface area (Å²) >= 11 is 0. The maximum absolute atomic E-state index is 10.9. The summed E-state index contributed by atoms with van der Waals surface area (Å²) in [5.74, 6) is 0. The number of carboxylic acid groups (broad SMARTS) is 2. The Kier molecular flexibility index (Phi) is 10.7. The zero-order chi connectivity index (χ0) is 13.2. The van der Waals surface area contributed by atoms with Crippen molar-refractivity contribution in [1.82, 2.24) is 0 Å². The zero-order valence-corrected chi connectivity index (χ0v) is 10.6. The smallest absolute Gasteiger partial charge is 0.450 e. The van der Waals surface area contributed by atoms with E-state index in [0.29, 0.717) is 12.8 Å². The number of carbonyl (C=O) groups is 1. The number of unbranched alkanes of at least 4 members (excludes halogenated alkanes) is 2. The summed E-state index contributed by atoms with van der Waals surface area (Å²) in [6.07, 6.45) is 2.50. The van der Waals surface area contributed by atoms with E-state index in [1.807, 2.05) is 6.92 Å². The van der Waals surface area contributed by atoms with E-state index >= 15 is 0 Å². The zero-order valence-electron chi connectivity index (χ0n) is 9.67. The molecule has 0 amide bonds. The van der Waals surface area contributed by atoms with Crippen LogP contribution in [-0.2, 0) is 4.57 Å². The summed E-state index contributed by atoms with van der Waals surface area (Å²) < 4.78 is 10.9. The van der Waals surface area contributed by atoms with Crippen molar-refractivity contribution in [2.75, 3.05) is 0 Å². The molecular weight excluding hydrogens is 235 g/mol. The molecule has 98 valence electrons. The Bertz CT molecular complexity index is 220. The van der Waals surface area contributed by atoms with Gasteiger partial charge in [-0.25, -0.2) is 4.79 Å². The Morgan fingerprint density at radius 1 is 1.19 bits per heavy atom. The number of hydrogen-bond donors (Lipinski definition) is 4. The van der Waals surface area contributed by atoms with E-state index in [-0.39, 0.29) is 0 Å². The molecule has 1 unspecified atom stereocenters. The minimum Gasteiger partial charge on any atom is -0.450 e. The Morgan fingerprint density at radius 2 is 1.62 bits per heavy atom. The highest BCUT2D eigenvalue weighted by Gasteiger charge is 2.25. The lowest BCUT2D eigenvalue weighted by Gasteiger charge is -2.15. The first kappa shape index (κ1) is 17.8. The van der Waals surface area contributed by atoms with Gasteiger partial charge in [-0.2, -0.15) is 0 Å². The van der Waals surface area contributed by atoms with Crippen LogP contribution in [0.5, 0.6) is 0 Å². The van der Waals surface area contributed by atoms with Gasteiger partial charge in [0, 0.05) is 0 Å². The molecule has 0 aromatic heterocycles. The standard InChI is InChI=1S/C8H19O3P.CH2O3/c1-3-5-6-7-8(4-2)12(9,10)11;2-1(3)4/h8H,3-7H2,1-2H3,(H2,9,10,11);(H2,2,3,4). The molecule has 0 saturated heterocycles. The van der Waals surface area contributed by atoms with Gasteiger partial charge in [-0.3, -0.25) is 4.57 Å². The predicted octanol–water partition coefficient (Wildman–Crippen LogP) is 2.75. The van der Waals surface area contributed by atoms with Crippen LogP contribution < -0.4 is 0 Å². The van der Waals surface area contributed by atoms with E-state index in [1.165, 1.54) is 0 Å². The van der Waals surface area contributed by atoms with Crippen molar-refractivity contribution in [2.45, 2.75) is 51.6 Å². The van der Waals surface area contributed by atoms with Crippen LogP contribution in [0.25, 0.3) is 0 Å². The lowest BCUT2D eigenvalue weighted by Crippen LogP contribution is -2.06. The average Bonchev–Trinajstić information content (AvgIpc) is 2.09. The molecular formula is C9H21O6P. The topological polar surface area (TPSA) is 115 Å². The lowest BCUT2D eigenvalue weighted by molar-refractivity contribution is 0.137. The third kappa shape index (κ3) is 13.4. The predicted molar refractivity (Wildman–Crippen MR) is 60.9 cm³/mol. The van der Waals surface area contributed by atoms with Gasteiger partial charge in [0.15, 0.2) is 0 Å². The molecule has 0 rings (SSSR count). The van der Waals surface area contributed by atoms with E-state index in [0.717, 1.165) is 19.3 Å². The summed E-state index contributed by atoms with van der Waals surface area (Å²) in [6, 6.07) is 0. The molecule has 0 aliphatic carbocycles. The normalized spacial score (nSPS) is 12.5. The van der Waals surface area contributed by atoms with Gasteiger partial charge >= 0.3 is 13.8 Å². The monoisotopic (exact) mass is 256 g/mol. The van der Waals surface area contributed by atoms with Crippen LogP contribution in [0.15, 0.2) is 0 Å². The second kappa shape index (κ2) is 9.63. The molecule has 4 N–H and O–H groups in total. The van der Waals surface area contributed by atoms with Crippen LogP contribution in [0.4, 0.5) is 4.79 Å². The molecule has 0 aromatic carbocycles. The summed E-state index contributed by atoms with van der Waals surface area (Å²) in [5.41, 5.74) is -0.413. The van der Waals surface area contributed by atoms with E-state index in [2.05, 4.69) is 6.92 Å². The fourth-order valence-electron chi connectivity index (χ4n) is 1.24. The van der Waals surface area contributed by atoms with E-state index < -0.39 is 19.4 Å². The average molecular weight is 256 g/mol. The van der Waals surface area contributed by atoms with Crippen LogP contribution in [0, 0.1) is 0 Å². The van der Waals surface area contributed by atoms with Crippen LogP contribution in [0.2, 0.25) is 0 Å². The molecule has 0 bridgehead atoms. The maximum Gasteiger partial charge on any atom is 0.503 e. The molecule has 0 saturated carbocycles. The van der Waals surface area contributed by atoms with Gasteiger partial charge in [0.25, 0.3) is 0 Å². The van der Waals surface area contributed by atoms with Crippen molar-refractivity contribution < 1.29 is 29.4 Å². The second-order valence-electron chi connectivity index (χ2n) is 3.43. The Hall–Kier alpha value is -0.580. The van der Waals surface area contributed by atoms with Crippen molar-refractivity contribution in [3.8, 4) is 0 Å². The minimum absolute atomic E-state index is 0.413. The Balaban J connectivity index is 0. The molecule has 16 heavy (non-hydrogen) atoms. The third-order valence-electron chi connectivity index (χ3n) is 2.09. The largest absolute Gasteiger partial charge is 0.503 e.